The molecule has 0 amide bonds. The Bertz CT molecular complexity index is 559. The van der Waals surface area contributed by atoms with Crippen LogP contribution >= 0.6 is 27.5 Å². The van der Waals surface area contributed by atoms with Crippen molar-refractivity contribution in [3.05, 3.63) is 40.1 Å². The minimum absolute atomic E-state index is 0.0281. The molecular formula is C11H9BrClF2N3. The van der Waals surface area contributed by atoms with Gasteiger partial charge in [0.1, 0.15) is 17.3 Å². The molecule has 0 saturated heterocycles. The van der Waals surface area contributed by atoms with Gasteiger partial charge in [0.15, 0.2) is 0 Å². The van der Waals surface area contributed by atoms with Gasteiger partial charge in [-0.2, -0.15) is 0 Å². The molecule has 1 aromatic carbocycles. The number of rotatable bonds is 4. The van der Waals surface area contributed by atoms with Crippen LogP contribution < -0.4 is 0 Å². The standard InChI is InChI=1S/C11H9BrClF2N3/c12-8-4-10(15)11(5-9(8)14)18-6-7(16-17-18)2-1-3-13/h4-6H,1-3H2. The van der Waals surface area contributed by atoms with Gasteiger partial charge in [-0.15, -0.1) is 16.7 Å². The molecule has 0 aliphatic carbocycles. The molecule has 0 bridgehead atoms. The molecule has 7 heteroatoms. The topological polar surface area (TPSA) is 30.7 Å². The van der Waals surface area contributed by atoms with Gasteiger partial charge in [0, 0.05) is 11.9 Å². The Morgan fingerprint density at radius 1 is 1.28 bits per heavy atom. The molecule has 2 rings (SSSR count). The molecule has 0 fully saturated rings. The van der Waals surface area contributed by atoms with Gasteiger partial charge in [0.2, 0.25) is 0 Å². The highest BCUT2D eigenvalue weighted by Crippen LogP contribution is 2.22. The van der Waals surface area contributed by atoms with Crippen LogP contribution in [-0.2, 0) is 6.42 Å². The fourth-order valence-corrected chi connectivity index (χ4v) is 1.92. The minimum atomic E-state index is -0.572. The number of benzene rings is 1. The molecule has 18 heavy (non-hydrogen) atoms. The van der Waals surface area contributed by atoms with Crippen LogP contribution in [0.25, 0.3) is 5.69 Å². The molecule has 1 heterocycles. The molecule has 0 aliphatic rings. The molecule has 2 aromatic rings. The van der Waals surface area contributed by atoms with Crippen LogP contribution in [0.4, 0.5) is 8.78 Å². The molecule has 0 atom stereocenters. The van der Waals surface area contributed by atoms with Crippen LogP contribution in [-0.4, -0.2) is 20.9 Å². The monoisotopic (exact) mass is 335 g/mol. The molecular weight excluding hydrogens is 327 g/mol. The van der Waals surface area contributed by atoms with Crippen LogP contribution in [0.1, 0.15) is 12.1 Å². The average molecular weight is 337 g/mol. The van der Waals surface area contributed by atoms with Crippen LogP contribution in [0.15, 0.2) is 22.8 Å². The summed E-state index contributed by atoms with van der Waals surface area (Å²) in [6, 6.07) is 2.13. The van der Waals surface area contributed by atoms with Gasteiger partial charge in [-0.05, 0) is 34.8 Å². The molecule has 0 N–H and O–H groups in total. The third-order valence-corrected chi connectivity index (χ3v) is 3.22. The smallest absolute Gasteiger partial charge is 0.150 e. The fourth-order valence-electron chi connectivity index (χ4n) is 1.47. The third kappa shape index (κ3) is 2.87. The van der Waals surface area contributed by atoms with E-state index in [0.29, 0.717) is 18.0 Å². The second kappa shape index (κ2) is 5.75. The highest BCUT2D eigenvalue weighted by atomic mass is 79.9. The minimum Gasteiger partial charge on any atom is -0.217 e. The van der Waals surface area contributed by atoms with E-state index in [9.17, 15) is 8.78 Å². The maximum absolute atomic E-state index is 13.7. The van der Waals surface area contributed by atoms with Gasteiger partial charge < -0.3 is 0 Å². The Labute approximate surface area is 116 Å². The van der Waals surface area contributed by atoms with Crippen LogP contribution in [0.3, 0.4) is 0 Å². The zero-order valence-electron chi connectivity index (χ0n) is 9.21. The van der Waals surface area contributed by atoms with Gasteiger partial charge in [0.05, 0.1) is 16.4 Å². The summed E-state index contributed by atoms with van der Waals surface area (Å²) in [5.41, 5.74) is 0.721. The Hall–Kier alpha value is -1.01. The lowest BCUT2D eigenvalue weighted by molar-refractivity contribution is 0.579. The van der Waals surface area contributed by atoms with E-state index in [0.717, 1.165) is 18.6 Å². The van der Waals surface area contributed by atoms with Crippen LogP contribution in [0, 0.1) is 11.6 Å². The summed E-state index contributed by atoms with van der Waals surface area (Å²) in [7, 11) is 0. The Morgan fingerprint density at radius 2 is 2.06 bits per heavy atom. The molecule has 0 aliphatic heterocycles. The van der Waals surface area contributed by atoms with Crippen molar-refractivity contribution in [3.8, 4) is 5.69 Å². The average Bonchev–Trinajstić information content (AvgIpc) is 2.79. The van der Waals surface area contributed by atoms with Crippen molar-refractivity contribution in [2.24, 2.45) is 0 Å². The van der Waals surface area contributed by atoms with E-state index < -0.39 is 11.6 Å². The largest absolute Gasteiger partial charge is 0.217 e. The van der Waals surface area contributed by atoms with Gasteiger partial charge in [-0.25, -0.2) is 13.5 Å². The van der Waals surface area contributed by atoms with E-state index in [1.165, 1.54) is 4.68 Å². The van der Waals surface area contributed by atoms with Crippen molar-refractivity contribution in [2.45, 2.75) is 12.8 Å². The van der Waals surface area contributed by atoms with Gasteiger partial charge in [-0.3, -0.25) is 0 Å². The Kier molecular flexibility index (Phi) is 4.29. The van der Waals surface area contributed by atoms with E-state index in [1.54, 1.807) is 6.20 Å². The van der Waals surface area contributed by atoms with Crippen molar-refractivity contribution >= 4 is 27.5 Å². The van der Waals surface area contributed by atoms with Crippen molar-refractivity contribution in [1.29, 1.82) is 0 Å². The second-order valence-corrected chi connectivity index (χ2v) is 4.90. The lowest BCUT2D eigenvalue weighted by Gasteiger charge is -2.03. The maximum atomic E-state index is 13.7. The van der Waals surface area contributed by atoms with Gasteiger partial charge in [-0.1, -0.05) is 5.21 Å². The summed E-state index contributed by atoms with van der Waals surface area (Å²) in [5.74, 6) is -0.602. The number of hydrogen-bond donors (Lipinski definition) is 0. The predicted octanol–water partition coefficient (Wildman–Crippen LogP) is 3.48. The molecule has 1 aromatic heterocycles. The van der Waals surface area contributed by atoms with Crippen molar-refractivity contribution in [2.75, 3.05) is 5.88 Å². The SMILES string of the molecule is Fc1cc(-n2cc(CCCCl)nn2)c(F)cc1Br. The zero-order chi connectivity index (χ0) is 13.1. The quantitative estimate of drug-likeness (QED) is 0.632. The highest BCUT2D eigenvalue weighted by Gasteiger charge is 2.11. The van der Waals surface area contributed by atoms with E-state index in [4.69, 9.17) is 11.6 Å². The first-order valence-electron chi connectivity index (χ1n) is 5.24. The van der Waals surface area contributed by atoms with Crippen molar-refractivity contribution < 1.29 is 8.78 Å². The summed E-state index contributed by atoms with van der Waals surface area (Å²) in [4.78, 5) is 0. The Morgan fingerprint density at radius 3 is 2.78 bits per heavy atom. The number of alkyl halides is 1. The number of nitrogens with zero attached hydrogens (tertiary/aromatic N) is 3. The number of aromatic nitrogens is 3. The predicted molar refractivity (Wildman–Crippen MR) is 68.0 cm³/mol. The van der Waals surface area contributed by atoms with E-state index in [1.807, 2.05) is 0 Å². The van der Waals surface area contributed by atoms with E-state index >= 15 is 0 Å². The summed E-state index contributed by atoms with van der Waals surface area (Å²) >= 11 is 8.49. The first-order chi connectivity index (χ1) is 8.61. The van der Waals surface area contributed by atoms with Crippen LogP contribution in [0.5, 0.6) is 0 Å². The molecule has 0 unspecified atom stereocenters. The van der Waals surface area contributed by atoms with E-state index in [-0.39, 0.29) is 10.2 Å². The summed E-state index contributed by atoms with van der Waals surface area (Å²) < 4.78 is 28.3. The van der Waals surface area contributed by atoms with Crippen molar-refractivity contribution in [1.82, 2.24) is 15.0 Å². The molecule has 0 saturated carbocycles. The maximum Gasteiger partial charge on any atom is 0.150 e. The van der Waals surface area contributed by atoms with Gasteiger partial charge >= 0.3 is 0 Å². The normalized spacial score (nSPS) is 10.9. The molecule has 3 nitrogen and oxygen atoms in total. The lowest BCUT2D eigenvalue weighted by atomic mass is 10.2. The number of aryl methyl sites for hydroxylation is 1. The number of hydrogen-bond acceptors (Lipinski definition) is 2. The van der Waals surface area contributed by atoms with Crippen molar-refractivity contribution in [3.63, 3.8) is 0 Å². The van der Waals surface area contributed by atoms with E-state index in [2.05, 4.69) is 26.2 Å². The third-order valence-electron chi connectivity index (χ3n) is 2.34. The lowest BCUT2D eigenvalue weighted by Crippen LogP contribution is -2.00. The zero-order valence-corrected chi connectivity index (χ0v) is 11.5. The Balaban J connectivity index is 2.31. The van der Waals surface area contributed by atoms with Gasteiger partial charge in [0.25, 0.3) is 0 Å². The second-order valence-electron chi connectivity index (χ2n) is 3.66. The van der Waals surface area contributed by atoms with Crippen LogP contribution in [0.2, 0.25) is 0 Å². The summed E-state index contributed by atoms with van der Waals surface area (Å²) in [6.45, 7) is 0. The summed E-state index contributed by atoms with van der Waals surface area (Å²) in [6.07, 6.45) is 2.99. The highest BCUT2D eigenvalue weighted by molar-refractivity contribution is 9.10. The first-order valence-corrected chi connectivity index (χ1v) is 6.56. The molecule has 0 spiro atoms. The number of halogens is 4. The molecule has 96 valence electrons. The fraction of sp³-hybridized carbons (Fsp3) is 0.273. The first kappa shape index (κ1) is 13.4. The molecule has 0 radical (unpaired) electrons. The summed E-state index contributed by atoms with van der Waals surface area (Å²) in [5, 5.41) is 7.65.